The molecule has 0 aliphatic heterocycles. The van der Waals surface area contributed by atoms with Crippen molar-refractivity contribution < 1.29 is 14.6 Å². The Bertz CT molecular complexity index is 581. The lowest BCUT2D eigenvalue weighted by Crippen LogP contribution is -2.13. The molecule has 4 heteroatoms. The molecule has 19 heavy (non-hydrogen) atoms. The fraction of sp³-hybridized carbons (Fsp3) is 0.133. The van der Waals surface area contributed by atoms with E-state index in [0.717, 1.165) is 0 Å². The first-order valence-electron chi connectivity index (χ1n) is 5.84. The highest BCUT2D eigenvalue weighted by atomic mass is 16.5. The van der Waals surface area contributed by atoms with Gasteiger partial charge in [-0.25, -0.2) is 0 Å². The van der Waals surface area contributed by atoms with Gasteiger partial charge in [0.05, 0.1) is 7.11 Å². The molecule has 2 aromatic carbocycles. The summed E-state index contributed by atoms with van der Waals surface area (Å²) in [7, 11) is 1.47. The average Bonchev–Trinajstić information content (AvgIpc) is 2.46. The molecule has 0 heterocycles. The maximum Gasteiger partial charge on any atom is 0.195 e. The Labute approximate surface area is 111 Å². The zero-order valence-corrected chi connectivity index (χ0v) is 10.5. The van der Waals surface area contributed by atoms with Crippen molar-refractivity contribution in [1.82, 2.24) is 0 Å². The lowest BCUT2D eigenvalue weighted by Gasteiger charge is -2.14. The number of benzene rings is 2. The molecule has 1 unspecified atom stereocenters. The molecule has 0 saturated heterocycles. The molecule has 0 radical (unpaired) electrons. The fourth-order valence-corrected chi connectivity index (χ4v) is 1.86. The van der Waals surface area contributed by atoms with Crippen LogP contribution in [0.25, 0.3) is 0 Å². The maximum absolute atomic E-state index is 12.2. The second kappa shape index (κ2) is 5.54. The zero-order chi connectivity index (χ0) is 13.8. The van der Waals surface area contributed by atoms with Gasteiger partial charge < -0.3 is 15.6 Å². The van der Waals surface area contributed by atoms with Gasteiger partial charge in [0.25, 0.3) is 0 Å². The summed E-state index contributed by atoms with van der Waals surface area (Å²) in [5.74, 6) is 0.0282. The van der Waals surface area contributed by atoms with Gasteiger partial charge in [-0.1, -0.05) is 36.4 Å². The molecule has 0 bridgehead atoms. The van der Waals surface area contributed by atoms with E-state index in [0.29, 0.717) is 22.6 Å². The third-order valence-electron chi connectivity index (χ3n) is 2.86. The minimum Gasteiger partial charge on any atom is -0.496 e. The third kappa shape index (κ3) is 2.74. The van der Waals surface area contributed by atoms with Gasteiger partial charge in [-0.15, -0.1) is 0 Å². The van der Waals surface area contributed by atoms with Crippen LogP contribution in [0.2, 0.25) is 0 Å². The Morgan fingerprint density at radius 3 is 2.53 bits per heavy atom. The molecule has 0 aliphatic carbocycles. The molecule has 0 fully saturated rings. The number of nitrogen functional groups attached to an aromatic ring is 1. The van der Waals surface area contributed by atoms with Crippen molar-refractivity contribution in [3.05, 3.63) is 59.7 Å². The van der Waals surface area contributed by atoms with Gasteiger partial charge in [-0.05, 0) is 6.07 Å². The van der Waals surface area contributed by atoms with E-state index in [2.05, 4.69) is 0 Å². The molecule has 4 nitrogen and oxygen atoms in total. The van der Waals surface area contributed by atoms with E-state index in [-0.39, 0.29) is 5.78 Å². The highest BCUT2D eigenvalue weighted by molar-refractivity contribution is 6.00. The van der Waals surface area contributed by atoms with Crippen molar-refractivity contribution in [2.75, 3.05) is 12.8 Å². The lowest BCUT2D eigenvalue weighted by molar-refractivity contribution is 0.0742. The van der Waals surface area contributed by atoms with Gasteiger partial charge in [0.1, 0.15) is 11.9 Å². The number of ketones is 1. The van der Waals surface area contributed by atoms with Crippen LogP contribution in [0.3, 0.4) is 0 Å². The van der Waals surface area contributed by atoms with Crippen LogP contribution in [0, 0.1) is 0 Å². The zero-order valence-electron chi connectivity index (χ0n) is 10.5. The molecule has 0 aliphatic rings. The van der Waals surface area contributed by atoms with Gasteiger partial charge in [0, 0.05) is 22.9 Å². The maximum atomic E-state index is 12.2. The Hall–Kier alpha value is -2.33. The summed E-state index contributed by atoms with van der Waals surface area (Å²) in [5, 5.41) is 10.2. The molecular weight excluding hydrogens is 242 g/mol. The normalized spacial score (nSPS) is 11.9. The van der Waals surface area contributed by atoms with Crippen molar-refractivity contribution >= 4 is 11.5 Å². The van der Waals surface area contributed by atoms with Gasteiger partial charge in [0.15, 0.2) is 5.78 Å². The Kier molecular flexibility index (Phi) is 3.82. The van der Waals surface area contributed by atoms with E-state index in [4.69, 9.17) is 10.5 Å². The number of carbonyl (C=O) groups excluding carboxylic acids is 1. The van der Waals surface area contributed by atoms with Crippen molar-refractivity contribution in [2.24, 2.45) is 0 Å². The Morgan fingerprint density at radius 1 is 1.21 bits per heavy atom. The van der Waals surface area contributed by atoms with E-state index in [9.17, 15) is 9.90 Å². The molecule has 0 aromatic heterocycles. The van der Waals surface area contributed by atoms with E-state index in [1.54, 1.807) is 42.5 Å². The highest BCUT2D eigenvalue weighted by Crippen LogP contribution is 2.29. The number of ether oxygens (including phenoxy) is 1. The van der Waals surface area contributed by atoms with Crippen molar-refractivity contribution in [1.29, 1.82) is 0 Å². The van der Waals surface area contributed by atoms with Crippen LogP contribution < -0.4 is 10.5 Å². The topological polar surface area (TPSA) is 72.6 Å². The quantitative estimate of drug-likeness (QED) is 0.650. The predicted molar refractivity (Wildman–Crippen MR) is 73.1 cm³/mol. The minimum absolute atomic E-state index is 0.372. The van der Waals surface area contributed by atoms with Crippen LogP contribution in [-0.2, 0) is 0 Å². The van der Waals surface area contributed by atoms with Gasteiger partial charge in [0.2, 0.25) is 0 Å². The summed E-state index contributed by atoms with van der Waals surface area (Å²) in [6.45, 7) is 0. The summed E-state index contributed by atoms with van der Waals surface area (Å²) in [6.07, 6.45) is -1.27. The number of methoxy groups -OCH3 is 1. The molecular formula is C15H15NO3. The monoisotopic (exact) mass is 257 g/mol. The number of hydrogen-bond donors (Lipinski definition) is 2. The van der Waals surface area contributed by atoms with Crippen LogP contribution in [0.4, 0.5) is 5.69 Å². The van der Waals surface area contributed by atoms with Crippen LogP contribution in [-0.4, -0.2) is 18.0 Å². The number of hydrogen-bond acceptors (Lipinski definition) is 4. The summed E-state index contributed by atoms with van der Waals surface area (Å²) in [6, 6.07) is 13.4. The van der Waals surface area contributed by atoms with E-state index in [1.807, 2.05) is 6.07 Å². The molecule has 1 atom stereocenters. The van der Waals surface area contributed by atoms with Gasteiger partial charge in [-0.3, -0.25) is 4.79 Å². The smallest absolute Gasteiger partial charge is 0.195 e. The lowest BCUT2D eigenvalue weighted by atomic mass is 9.99. The second-order valence-electron chi connectivity index (χ2n) is 4.13. The first-order chi connectivity index (χ1) is 9.13. The standard InChI is InChI=1S/C15H15NO3/c1-19-13-9-11(16)7-8-12(13)15(18)14(17)10-5-3-2-4-6-10/h2-9,15,18H,16H2,1H3. The van der Waals surface area contributed by atoms with Crippen LogP contribution in [0.5, 0.6) is 5.75 Å². The SMILES string of the molecule is COc1cc(N)ccc1C(O)C(=O)c1ccccc1. The third-order valence-corrected chi connectivity index (χ3v) is 2.86. The Morgan fingerprint density at radius 2 is 1.89 bits per heavy atom. The van der Waals surface area contributed by atoms with Crippen molar-refractivity contribution in [2.45, 2.75) is 6.10 Å². The van der Waals surface area contributed by atoms with Gasteiger partial charge in [-0.2, -0.15) is 0 Å². The van der Waals surface area contributed by atoms with E-state index < -0.39 is 6.10 Å². The average molecular weight is 257 g/mol. The number of aliphatic hydroxyl groups excluding tert-OH is 1. The Balaban J connectivity index is 2.34. The summed E-state index contributed by atoms with van der Waals surface area (Å²) >= 11 is 0. The number of carbonyl (C=O) groups is 1. The summed E-state index contributed by atoms with van der Waals surface area (Å²) < 4.78 is 5.14. The number of rotatable bonds is 4. The van der Waals surface area contributed by atoms with Crippen molar-refractivity contribution in [3.63, 3.8) is 0 Å². The van der Waals surface area contributed by atoms with Crippen molar-refractivity contribution in [3.8, 4) is 5.75 Å². The van der Waals surface area contributed by atoms with Crippen LogP contribution >= 0.6 is 0 Å². The number of Topliss-reactive ketones (excluding diaryl/α,β-unsaturated/α-hetero) is 1. The molecule has 2 aromatic rings. The molecule has 3 N–H and O–H groups in total. The minimum atomic E-state index is -1.27. The van der Waals surface area contributed by atoms with E-state index in [1.165, 1.54) is 7.11 Å². The molecule has 2 rings (SSSR count). The van der Waals surface area contributed by atoms with Gasteiger partial charge >= 0.3 is 0 Å². The van der Waals surface area contributed by atoms with E-state index >= 15 is 0 Å². The molecule has 0 saturated carbocycles. The first kappa shape index (κ1) is 13.1. The van der Waals surface area contributed by atoms with Crippen LogP contribution in [0.1, 0.15) is 22.0 Å². The summed E-state index contributed by atoms with van der Waals surface area (Å²) in [5.41, 5.74) is 7.02. The van der Waals surface area contributed by atoms with Crippen LogP contribution in [0.15, 0.2) is 48.5 Å². The summed E-state index contributed by atoms with van der Waals surface area (Å²) in [4.78, 5) is 12.2. The largest absolute Gasteiger partial charge is 0.496 e. The first-order valence-corrected chi connectivity index (χ1v) is 5.84. The molecule has 0 spiro atoms. The molecule has 98 valence electrons. The second-order valence-corrected chi connectivity index (χ2v) is 4.13. The molecule has 0 amide bonds. The number of anilines is 1. The predicted octanol–water partition coefficient (Wildman–Crippen LogP) is 2.19. The number of aliphatic hydroxyl groups is 1. The number of nitrogens with two attached hydrogens (primary N) is 1. The highest BCUT2D eigenvalue weighted by Gasteiger charge is 2.22. The fourth-order valence-electron chi connectivity index (χ4n) is 1.86.